The van der Waals surface area contributed by atoms with Crippen LogP contribution in [0.3, 0.4) is 0 Å². The lowest BCUT2D eigenvalue weighted by Crippen LogP contribution is -2.10. The van der Waals surface area contributed by atoms with E-state index < -0.39 is 28.0 Å². The Morgan fingerprint density at radius 3 is 2.45 bits per heavy atom. The van der Waals surface area contributed by atoms with Crippen LogP contribution in [-0.2, 0) is 14.6 Å². The molecule has 0 aliphatic heterocycles. The molecule has 0 saturated heterocycles. The third-order valence-corrected chi connectivity index (χ3v) is 4.60. The van der Waals surface area contributed by atoms with E-state index in [1.54, 1.807) is 24.3 Å². The van der Waals surface area contributed by atoms with Gasteiger partial charge in [0.2, 0.25) is 0 Å². The first-order valence-corrected chi connectivity index (χ1v) is 7.46. The molecule has 0 heterocycles. The molecule has 0 aromatic heterocycles. The van der Waals surface area contributed by atoms with Gasteiger partial charge in [-0.15, -0.1) is 0 Å². The minimum absolute atomic E-state index is 0.0935. The topological polar surface area (TPSA) is 95.2 Å². The Balaban J connectivity index is 2.42. The second kappa shape index (κ2) is 5.31. The monoisotopic (exact) mass is 289 g/mol. The average molecular weight is 289 g/mol. The number of rotatable bonds is 4. The van der Waals surface area contributed by atoms with Crippen LogP contribution in [0.15, 0.2) is 41.3 Å². The van der Waals surface area contributed by atoms with Crippen molar-refractivity contribution in [1.82, 2.24) is 0 Å². The molecule has 0 saturated carbocycles. The lowest BCUT2D eigenvalue weighted by Gasteiger charge is -2.05. The minimum Gasteiger partial charge on any atom is -0.481 e. The first-order valence-electron chi connectivity index (χ1n) is 5.81. The second-order valence-electron chi connectivity index (χ2n) is 4.30. The molecule has 6 heteroatoms. The second-order valence-corrected chi connectivity index (χ2v) is 6.41. The Morgan fingerprint density at radius 1 is 1.15 bits per heavy atom. The van der Waals surface area contributed by atoms with E-state index in [-0.39, 0.29) is 4.90 Å². The maximum absolute atomic E-state index is 12.0. The molecule has 2 aromatic carbocycles. The smallest absolute Gasteiger partial charge is 0.304 e. The van der Waals surface area contributed by atoms with Crippen LogP contribution in [0.1, 0.15) is 12.0 Å². The summed E-state index contributed by atoms with van der Waals surface area (Å²) in [5.74, 6) is -1.57. The lowest BCUT2D eigenvalue weighted by molar-refractivity contribution is -0.136. The van der Waals surface area contributed by atoms with E-state index in [1.165, 1.54) is 12.1 Å². The van der Waals surface area contributed by atoms with E-state index in [0.29, 0.717) is 10.9 Å². The Morgan fingerprint density at radius 2 is 1.80 bits per heavy atom. The van der Waals surface area contributed by atoms with Crippen molar-refractivity contribution in [2.24, 2.45) is 0 Å². The molecule has 0 aliphatic carbocycles. The third-order valence-electron chi connectivity index (χ3n) is 2.88. The first-order chi connectivity index (χ1) is 9.42. The molecule has 1 N–H and O–H groups in total. The van der Waals surface area contributed by atoms with Gasteiger partial charge in [-0.25, -0.2) is 8.42 Å². The SMILES string of the molecule is N#Cc1ccc2cc(S(=O)(=O)CCC(=O)O)ccc2c1. The van der Waals surface area contributed by atoms with Crippen molar-refractivity contribution < 1.29 is 18.3 Å². The summed E-state index contributed by atoms with van der Waals surface area (Å²) >= 11 is 0. The molecule has 0 bridgehead atoms. The molecule has 0 unspecified atom stereocenters. The molecule has 5 nitrogen and oxygen atoms in total. The van der Waals surface area contributed by atoms with Crippen molar-refractivity contribution in [1.29, 1.82) is 5.26 Å². The quantitative estimate of drug-likeness (QED) is 0.928. The van der Waals surface area contributed by atoms with Gasteiger partial charge >= 0.3 is 5.97 Å². The van der Waals surface area contributed by atoms with Crippen molar-refractivity contribution in [2.75, 3.05) is 5.75 Å². The van der Waals surface area contributed by atoms with Crippen LogP contribution in [0.4, 0.5) is 0 Å². The number of benzene rings is 2. The number of carboxylic acids is 1. The summed E-state index contributed by atoms with van der Waals surface area (Å²) in [6.45, 7) is 0. The van der Waals surface area contributed by atoms with Crippen molar-refractivity contribution in [3.05, 3.63) is 42.0 Å². The van der Waals surface area contributed by atoms with Crippen molar-refractivity contribution >= 4 is 26.6 Å². The molecule has 20 heavy (non-hydrogen) atoms. The predicted molar refractivity (Wildman–Crippen MR) is 73.0 cm³/mol. The van der Waals surface area contributed by atoms with Crippen LogP contribution in [-0.4, -0.2) is 25.2 Å². The number of fused-ring (bicyclic) bond motifs is 1. The molecule has 0 radical (unpaired) electrons. The summed E-state index contributed by atoms with van der Waals surface area (Å²) in [5.41, 5.74) is 0.499. The highest BCUT2D eigenvalue weighted by Crippen LogP contribution is 2.21. The fourth-order valence-corrected chi connectivity index (χ4v) is 3.09. The van der Waals surface area contributed by atoms with Gasteiger partial charge in [-0.2, -0.15) is 5.26 Å². The van der Waals surface area contributed by atoms with E-state index in [4.69, 9.17) is 10.4 Å². The van der Waals surface area contributed by atoms with Gasteiger partial charge in [0.25, 0.3) is 0 Å². The summed E-state index contributed by atoms with van der Waals surface area (Å²) in [6, 6.07) is 11.5. The number of aliphatic carboxylic acids is 1. The number of carbonyl (C=O) groups is 1. The highest BCUT2D eigenvalue weighted by atomic mass is 32.2. The van der Waals surface area contributed by atoms with Gasteiger partial charge in [0, 0.05) is 0 Å². The van der Waals surface area contributed by atoms with Crippen LogP contribution >= 0.6 is 0 Å². The Labute approximate surface area is 116 Å². The van der Waals surface area contributed by atoms with Gasteiger partial charge in [-0.05, 0) is 35.0 Å². The molecule has 102 valence electrons. The number of nitriles is 1. The predicted octanol–water partition coefficient (Wildman–Crippen LogP) is 1.96. The summed E-state index contributed by atoms with van der Waals surface area (Å²) in [4.78, 5) is 10.6. The molecule has 0 atom stereocenters. The van der Waals surface area contributed by atoms with Gasteiger partial charge in [-0.3, -0.25) is 4.79 Å². The maximum atomic E-state index is 12.0. The van der Waals surface area contributed by atoms with E-state index in [9.17, 15) is 13.2 Å². The van der Waals surface area contributed by atoms with Crippen LogP contribution in [0.5, 0.6) is 0 Å². The highest BCUT2D eigenvalue weighted by molar-refractivity contribution is 7.91. The Hall–Kier alpha value is -2.39. The summed E-state index contributed by atoms with van der Waals surface area (Å²) in [5, 5.41) is 18.8. The van der Waals surface area contributed by atoms with E-state index in [0.717, 1.165) is 5.39 Å². The van der Waals surface area contributed by atoms with Gasteiger partial charge in [0.05, 0.1) is 28.7 Å². The molecule has 2 rings (SSSR count). The van der Waals surface area contributed by atoms with Crippen LogP contribution in [0.25, 0.3) is 10.8 Å². The Bertz CT molecular complexity index is 819. The summed E-state index contributed by atoms with van der Waals surface area (Å²) in [7, 11) is -3.61. The number of sulfone groups is 1. The standard InChI is InChI=1S/C14H11NO4S/c15-9-10-1-2-12-8-13(4-3-11(12)7-10)20(18,19)6-5-14(16)17/h1-4,7-8H,5-6H2,(H,16,17). The van der Waals surface area contributed by atoms with Crippen LogP contribution in [0.2, 0.25) is 0 Å². The zero-order chi connectivity index (χ0) is 14.8. The zero-order valence-corrected chi connectivity index (χ0v) is 11.2. The number of hydrogen-bond acceptors (Lipinski definition) is 4. The molecule has 0 fully saturated rings. The highest BCUT2D eigenvalue weighted by Gasteiger charge is 2.16. The molecule has 0 amide bonds. The van der Waals surface area contributed by atoms with Gasteiger partial charge in [0.15, 0.2) is 9.84 Å². The van der Waals surface area contributed by atoms with Gasteiger partial charge in [-0.1, -0.05) is 12.1 Å². The number of carboxylic acid groups (broad SMARTS) is 1. The third kappa shape index (κ3) is 2.95. The van der Waals surface area contributed by atoms with Crippen LogP contribution in [0, 0.1) is 11.3 Å². The maximum Gasteiger partial charge on any atom is 0.304 e. The average Bonchev–Trinajstić information content (AvgIpc) is 2.44. The number of hydrogen-bond donors (Lipinski definition) is 1. The first kappa shape index (κ1) is 14.0. The van der Waals surface area contributed by atoms with Gasteiger partial charge < -0.3 is 5.11 Å². The van der Waals surface area contributed by atoms with E-state index in [2.05, 4.69) is 0 Å². The largest absolute Gasteiger partial charge is 0.481 e. The fourth-order valence-electron chi connectivity index (χ4n) is 1.83. The van der Waals surface area contributed by atoms with Crippen LogP contribution < -0.4 is 0 Å². The molecule has 0 spiro atoms. The Kier molecular flexibility index (Phi) is 3.72. The zero-order valence-electron chi connectivity index (χ0n) is 10.4. The number of nitrogens with zero attached hydrogens (tertiary/aromatic N) is 1. The van der Waals surface area contributed by atoms with Gasteiger partial charge in [0.1, 0.15) is 0 Å². The van der Waals surface area contributed by atoms with Crippen molar-refractivity contribution in [3.8, 4) is 6.07 Å². The molecular formula is C14H11NO4S. The summed E-state index contributed by atoms with van der Waals surface area (Å²) in [6.07, 6.45) is -0.423. The minimum atomic E-state index is -3.61. The lowest BCUT2D eigenvalue weighted by atomic mass is 10.1. The van der Waals surface area contributed by atoms with Crippen molar-refractivity contribution in [2.45, 2.75) is 11.3 Å². The fraction of sp³-hybridized carbons (Fsp3) is 0.143. The van der Waals surface area contributed by atoms with E-state index >= 15 is 0 Å². The molecule has 2 aromatic rings. The normalized spacial score (nSPS) is 11.2. The van der Waals surface area contributed by atoms with Crippen molar-refractivity contribution in [3.63, 3.8) is 0 Å². The van der Waals surface area contributed by atoms with E-state index in [1.807, 2.05) is 6.07 Å². The molecule has 0 aliphatic rings. The molecular weight excluding hydrogens is 278 g/mol. The summed E-state index contributed by atoms with van der Waals surface area (Å²) < 4.78 is 24.0.